The second kappa shape index (κ2) is 4.56. The van der Waals surface area contributed by atoms with E-state index in [2.05, 4.69) is 4.98 Å². The molecule has 1 aliphatic rings. The summed E-state index contributed by atoms with van der Waals surface area (Å²) in [6, 6.07) is 0. The van der Waals surface area contributed by atoms with Gasteiger partial charge in [0.1, 0.15) is 11.9 Å². The van der Waals surface area contributed by atoms with E-state index in [-0.39, 0.29) is 24.0 Å². The zero-order valence-corrected chi connectivity index (χ0v) is 9.85. The number of amides is 1. The van der Waals surface area contributed by atoms with Crippen LogP contribution in [0.25, 0.3) is 0 Å². The number of aliphatic hydroxyl groups is 2. The molecule has 100 valence electrons. The number of carbonyl (C=O) groups is 1. The third-order valence-electron chi connectivity index (χ3n) is 3.25. The number of ether oxygens (including phenoxy) is 1. The fourth-order valence-corrected chi connectivity index (χ4v) is 2.07. The molecule has 0 bridgehead atoms. The van der Waals surface area contributed by atoms with Crippen molar-refractivity contribution in [2.45, 2.75) is 25.4 Å². The molecule has 1 saturated heterocycles. The molecule has 18 heavy (non-hydrogen) atoms. The van der Waals surface area contributed by atoms with Gasteiger partial charge < -0.3 is 26.4 Å². The van der Waals surface area contributed by atoms with Crippen LogP contribution in [0.3, 0.4) is 0 Å². The number of anilines is 1. The molecule has 1 amide bonds. The smallest absolute Gasteiger partial charge is 0.271 e. The van der Waals surface area contributed by atoms with Gasteiger partial charge in [-0.2, -0.15) is 0 Å². The highest BCUT2D eigenvalue weighted by Gasteiger charge is 2.42. The maximum atomic E-state index is 11.0. The van der Waals surface area contributed by atoms with Crippen molar-refractivity contribution in [1.29, 1.82) is 0 Å². The largest absolute Gasteiger partial charge is 0.394 e. The molecule has 0 aromatic carbocycles. The first-order valence-corrected chi connectivity index (χ1v) is 5.53. The van der Waals surface area contributed by atoms with E-state index in [1.54, 1.807) is 6.92 Å². The summed E-state index contributed by atoms with van der Waals surface area (Å²) in [6.07, 6.45) is -0.823. The number of primary amides is 1. The quantitative estimate of drug-likeness (QED) is 0.517. The van der Waals surface area contributed by atoms with Gasteiger partial charge in [0.2, 0.25) is 0 Å². The van der Waals surface area contributed by atoms with Gasteiger partial charge in [-0.15, -0.1) is 0 Å². The van der Waals surface area contributed by atoms with Crippen LogP contribution in [-0.4, -0.2) is 44.5 Å². The van der Waals surface area contributed by atoms with Crippen LogP contribution >= 0.6 is 0 Å². The molecule has 0 radical (unpaired) electrons. The first-order chi connectivity index (χ1) is 8.47. The van der Waals surface area contributed by atoms with Gasteiger partial charge in [-0.05, 0) is 0 Å². The molecule has 8 nitrogen and oxygen atoms in total. The number of nitrogens with two attached hydrogens (primary N) is 2. The number of hydrogen-bond acceptors (Lipinski definition) is 6. The summed E-state index contributed by atoms with van der Waals surface area (Å²) in [4.78, 5) is 14.8. The molecular weight excluding hydrogens is 240 g/mol. The zero-order valence-electron chi connectivity index (χ0n) is 9.85. The summed E-state index contributed by atoms with van der Waals surface area (Å²) < 4.78 is 6.83. The summed E-state index contributed by atoms with van der Waals surface area (Å²) in [5, 5.41) is 19.1. The van der Waals surface area contributed by atoms with E-state index in [1.807, 2.05) is 0 Å². The van der Waals surface area contributed by atoms with Gasteiger partial charge in [-0.3, -0.25) is 9.36 Å². The maximum absolute atomic E-state index is 11.0. The molecule has 1 aromatic rings. The van der Waals surface area contributed by atoms with Gasteiger partial charge >= 0.3 is 0 Å². The second-order valence-electron chi connectivity index (χ2n) is 4.35. The topological polar surface area (TPSA) is 137 Å². The molecule has 4 atom stereocenters. The van der Waals surface area contributed by atoms with Gasteiger partial charge in [0, 0.05) is 5.92 Å². The SMILES string of the molecule is C[C@H]1[C@@H](O)[C@H](n2cnc(C(N)=O)c2N)O[C@@H]1CO. The summed E-state index contributed by atoms with van der Waals surface area (Å²) in [6.45, 7) is 1.56. The van der Waals surface area contributed by atoms with Crippen LogP contribution in [0, 0.1) is 5.92 Å². The molecule has 0 saturated carbocycles. The number of nitrogens with zero attached hydrogens (tertiary/aromatic N) is 2. The average Bonchev–Trinajstić information content (AvgIpc) is 2.82. The van der Waals surface area contributed by atoms with Crippen molar-refractivity contribution in [3.8, 4) is 0 Å². The lowest BCUT2D eigenvalue weighted by Gasteiger charge is -2.17. The van der Waals surface area contributed by atoms with Crippen LogP contribution in [0.15, 0.2) is 6.33 Å². The second-order valence-corrected chi connectivity index (χ2v) is 4.35. The first kappa shape index (κ1) is 12.8. The monoisotopic (exact) mass is 256 g/mol. The summed E-state index contributed by atoms with van der Waals surface area (Å²) in [7, 11) is 0. The molecule has 2 rings (SSSR count). The highest BCUT2D eigenvalue weighted by atomic mass is 16.5. The minimum atomic E-state index is -0.848. The van der Waals surface area contributed by atoms with Gasteiger partial charge in [0.05, 0.1) is 19.0 Å². The number of nitrogen functional groups attached to an aromatic ring is 1. The van der Waals surface area contributed by atoms with E-state index in [1.165, 1.54) is 10.9 Å². The predicted octanol–water partition coefficient (Wildman–Crippen LogP) is -1.55. The number of hydrogen-bond donors (Lipinski definition) is 4. The highest BCUT2D eigenvalue weighted by molar-refractivity contribution is 5.95. The Morgan fingerprint density at radius 1 is 1.67 bits per heavy atom. The van der Waals surface area contributed by atoms with Crippen LogP contribution in [0.1, 0.15) is 23.6 Å². The molecule has 0 aliphatic carbocycles. The molecule has 0 spiro atoms. The lowest BCUT2D eigenvalue weighted by Crippen LogP contribution is -2.25. The Bertz CT molecular complexity index is 461. The fourth-order valence-electron chi connectivity index (χ4n) is 2.07. The number of aliphatic hydroxyl groups excluding tert-OH is 2. The van der Waals surface area contributed by atoms with Crippen LogP contribution in [-0.2, 0) is 4.74 Å². The average molecular weight is 256 g/mol. The molecule has 0 unspecified atom stereocenters. The number of rotatable bonds is 3. The van der Waals surface area contributed by atoms with Crippen LogP contribution in [0.5, 0.6) is 0 Å². The molecule has 1 aromatic heterocycles. The van der Waals surface area contributed by atoms with Gasteiger partial charge in [0.25, 0.3) is 5.91 Å². The molecular formula is C10H16N4O4. The highest BCUT2D eigenvalue weighted by Crippen LogP contribution is 2.35. The minimum Gasteiger partial charge on any atom is -0.394 e. The Kier molecular flexibility index (Phi) is 3.24. The van der Waals surface area contributed by atoms with E-state index in [4.69, 9.17) is 21.3 Å². The van der Waals surface area contributed by atoms with Crippen molar-refractivity contribution in [3.63, 3.8) is 0 Å². The Labute approximate surface area is 103 Å². The Morgan fingerprint density at radius 2 is 2.33 bits per heavy atom. The Hall–Kier alpha value is -1.64. The number of aromatic nitrogens is 2. The summed E-state index contributed by atoms with van der Waals surface area (Å²) in [5.41, 5.74) is 10.8. The third-order valence-corrected chi connectivity index (χ3v) is 3.25. The number of imidazole rings is 1. The Morgan fingerprint density at radius 3 is 2.78 bits per heavy atom. The fraction of sp³-hybridized carbons (Fsp3) is 0.600. The number of carbonyl (C=O) groups excluding carboxylic acids is 1. The molecule has 8 heteroatoms. The van der Waals surface area contributed by atoms with Crippen molar-refractivity contribution >= 4 is 11.7 Å². The summed E-state index contributed by atoms with van der Waals surface area (Å²) >= 11 is 0. The lowest BCUT2D eigenvalue weighted by molar-refractivity contribution is -0.0499. The van der Waals surface area contributed by atoms with Crippen molar-refractivity contribution in [3.05, 3.63) is 12.0 Å². The van der Waals surface area contributed by atoms with Crippen molar-refractivity contribution in [2.24, 2.45) is 11.7 Å². The van der Waals surface area contributed by atoms with Crippen LogP contribution in [0.2, 0.25) is 0 Å². The Balaban J connectivity index is 2.30. The molecule has 1 aliphatic heterocycles. The summed E-state index contributed by atoms with van der Waals surface area (Å²) in [5.74, 6) is -0.957. The van der Waals surface area contributed by atoms with Gasteiger partial charge in [0.15, 0.2) is 11.9 Å². The zero-order chi connectivity index (χ0) is 13.4. The first-order valence-electron chi connectivity index (χ1n) is 5.53. The van der Waals surface area contributed by atoms with E-state index in [9.17, 15) is 9.90 Å². The lowest BCUT2D eigenvalue weighted by atomic mass is 10.0. The predicted molar refractivity (Wildman–Crippen MR) is 61.3 cm³/mol. The van der Waals surface area contributed by atoms with Crippen molar-refractivity contribution in [1.82, 2.24) is 9.55 Å². The minimum absolute atomic E-state index is 0.0392. The third kappa shape index (κ3) is 1.84. The molecule has 6 N–H and O–H groups in total. The van der Waals surface area contributed by atoms with E-state index >= 15 is 0 Å². The van der Waals surface area contributed by atoms with E-state index < -0.39 is 24.3 Å². The molecule has 1 fully saturated rings. The van der Waals surface area contributed by atoms with Crippen LogP contribution < -0.4 is 11.5 Å². The van der Waals surface area contributed by atoms with Crippen molar-refractivity contribution < 1.29 is 19.7 Å². The maximum Gasteiger partial charge on any atom is 0.271 e. The van der Waals surface area contributed by atoms with Gasteiger partial charge in [-0.1, -0.05) is 6.92 Å². The van der Waals surface area contributed by atoms with E-state index in [0.29, 0.717) is 0 Å². The van der Waals surface area contributed by atoms with E-state index in [0.717, 1.165) is 0 Å². The van der Waals surface area contributed by atoms with Crippen molar-refractivity contribution in [2.75, 3.05) is 12.3 Å². The van der Waals surface area contributed by atoms with Crippen LogP contribution in [0.4, 0.5) is 5.82 Å². The molecule has 2 heterocycles. The van der Waals surface area contributed by atoms with Gasteiger partial charge in [-0.25, -0.2) is 4.98 Å². The normalized spacial score (nSPS) is 31.7. The standard InChI is InChI=1S/C10H16N4O4/c1-4-5(2-15)18-10(7(4)16)14-3-13-6(8(14)11)9(12)17/h3-5,7,10,15-16H,2,11H2,1H3,(H2,12,17)/t4-,5-,7-,10-/m1/s1.